The number of hydrogen-bond acceptors (Lipinski definition) is 8. The SMILES string of the molecule is CC(COC(=O)C1CCC2OC2C1)OCC(C)OCC(C)OC(=O)C1CCC2OC2C1. The minimum Gasteiger partial charge on any atom is -0.463 e. The Morgan fingerprint density at radius 2 is 1.23 bits per heavy atom. The maximum atomic E-state index is 12.3. The molecule has 0 aromatic carbocycles. The number of hydrogen-bond donors (Lipinski definition) is 0. The lowest BCUT2D eigenvalue weighted by Gasteiger charge is -2.23. The van der Waals surface area contributed by atoms with E-state index in [1.165, 1.54) is 0 Å². The van der Waals surface area contributed by atoms with Crippen molar-refractivity contribution >= 4 is 11.9 Å². The fraction of sp³-hybridized carbons (Fsp3) is 0.913. The van der Waals surface area contributed by atoms with Gasteiger partial charge in [0.15, 0.2) is 0 Å². The lowest BCUT2D eigenvalue weighted by Crippen LogP contribution is -2.31. The van der Waals surface area contributed by atoms with Crippen LogP contribution >= 0.6 is 0 Å². The highest BCUT2D eigenvalue weighted by Gasteiger charge is 2.47. The maximum absolute atomic E-state index is 12.3. The molecule has 0 N–H and O–H groups in total. The van der Waals surface area contributed by atoms with E-state index in [0.717, 1.165) is 38.5 Å². The first-order chi connectivity index (χ1) is 14.9. The summed E-state index contributed by atoms with van der Waals surface area (Å²) in [4.78, 5) is 24.5. The van der Waals surface area contributed by atoms with Gasteiger partial charge in [0, 0.05) is 0 Å². The van der Waals surface area contributed by atoms with E-state index in [9.17, 15) is 9.59 Å². The van der Waals surface area contributed by atoms with Crippen molar-refractivity contribution in [3.63, 3.8) is 0 Å². The molecule has 2 saturated carbocycles. The summed E-state index contributed by atoms with van der Waals surface area (Å²) in [5.74, 6) is -0.395. The van der Waals surface area contributed by atoms with Crippen LogP contribution in [0.4, 0.5) is 0 Å². The Kier molecular flexibility index (Phi) is 7.52. The van der Waals surface area contributed by atoms with Gasteiger partial charge in [-0.1, -0.05) is 0 Å². The molecule has 2 aliphatic heterocycles. The number of carbonyl (C=O) groups is 2. The molecule has 176 valence electrons. The van der Waals surface area contributed by atoms with Gasteiger partial charge in [-0.2, -0.15) is 0 Å². The first kappa shape index (κ1) is 23.0. The summed E-state index contributed by atoms with van der Waals surface area (Å²) in [6.07, 6.45) is 5.76. The molecule has 2 aliphatic carbocycles. The normalized spacial score (nSPS) is 36.4. The smallest absolute Gasteiger partial charge is 0.309 e. The second-order valence-electron chi connectivity index (χ2n) is 9.61. The third kappa shape index (κ3) is 6.63. The van der Waals surface area contributed by atoms with Crippen LogP contribution in [0.3, 0.4) is 0 Å². The molecule has 4 rings (SSSR count). The third-order valence-electron chi connectivity index (χ3n) is 6.68. The molecule has 8 nitrogen and oxygen atoms in total. The summed E-state index contributed by atoms with van der Waals surface area (Å²) in [6.45, 7) is 6.56. The Morgan fingerprint density at radius 1 is 0.710 bits per heavy atom. The molecule has 4 fully saturated rings. The van der Waals surface area contributed by atoms with Crippen LogP contribution in [0.5, 0.6) is 0 Å². The fourth-order valence-corrected chi connectivity index (χ4v) is 4.58. The van der Waals surface area contributed by atoms with Crippen LogP contribution < -0.4 is 0 Å². The Hall–Kier alpha value is -1.22. The maximum Gasteiger partial charge on any atom is 0.309 e. The molecule has 2 saturated heterocycles. The van der Waals surface area contributed by atoms with E-state index in [1.54, 1.807) is 0 Å². The van der Waals surface area contributed by atoms with Crippen LogP contribution in [-0.2, 0) is 38.0 Å². The Morgan fingerprint density at radius 3 is 1.81 bits per heavy atom. The van der Waals surface area contributed by atoms with E-state index in [-0.39, 0.29) is 60.9 Å². The summed E-state index contributed by atoms with van der Waals surface area (Å²) in [5.41, 5.74) is 0. The van der Waals surface area contributed by atoms with Gasteiger partial charge in [0.05, 0.1) is 61.7 Å². The highest BCUT2D eigenvalue weighted by atomic mass is 16.6. The van der Waals surface area contributed by atoms with Gasteiger partial charge in [0.1, 0.15) is 12.7 Å². The van der Waals surface area contributed by atoms with Crippen LogP contribution in [0.1, 0.15) is 59.3 Å². The Labute approximate surface area is 184 Å². The minimum absolute atomic E-state index is 0.0470. The third-order valence-corrected chi connectivity index (χ3v) is 6.68. The molecule has 2 heterocycles. The molecular weight excluding hydrogens is 404 g/mol. The molecule has 0 aromatic heterocycles. The number of epoxide rings is 2. The van der Waals surface area contributed by atoms with E-state index < -0.39 is 0 Å². The molecule has 4 aliphatic rings. The Balaban J connectivity index is 1.04. The van der Waals surface area contributed by atoms with Gasteiger partial charge in [-0.25, -0.2) is 0 Å². The average Bonchev–Trinajstić information content (AvgIpc) is 3.67. The molecule has 9 atom stereocenters. The predicted octanol–water partition coefficient (Wildman–Crippen LogP) is 2.41. The van der Waals surface area contributed by atoms with Gasteiger partial charge in [0.25, 0.3) is 0 Å². The number of fused-ring (bicyclic) bond motifs is 2. The first-order valence-corrected chi connectivity index (χ1v) is 11.8. The number of esters is 2. The second-order valence-corrected chi connectivity index (χ2v) is 9.61. The minimum atomic E-state index is -0.309. The number of carbonyl (C=O) groups excluding carboxylic acids is 2. The van der Waals surface area contributed by atoms with Crippen molar-refractivity contribution in [3.8, 4) is 0 Å². The van der Waals surface area contributed by atoms with Crippen LogP contribution in [0, 0.1) is 11.8 Å². The summed E-state index contributed by atoms with van der Waals surface area (Å²) in [6, 6.07) is 0. The quantitative estimate of drug-likeness (QED) is 0.357. The highest BCUT2D eigenvalue weighted by Crippen LogP contribution is 2.40. The zero-order valence-corrected chi connectivity index (χ0v) is 18.8. The van der Waals surface area contributed by atoms with E-state index in [1.807, 2.05) is 20.8 Å². The molecule has 0 bridgehead atoms. The Bertz CT molecular complexity index is 639. The molecule has 0 amide bonds. The van der Waals surface area contributed by atoms with Crippen LogP contribution in [0.15, 0.2) is 0 Å². The van der Waals surface area contributed by atoms with E-state index in [2.05, 4.69) is 0 Å². The second kappa shape index (κ2) is 10.1. The van der Waals surface area contributed by atoms with Crippen molar-refractivity contribution < 1.29 is 38.0 Å². The van der Waals surface area contributed by atoms with Crippen molar-refractivity contribution in [2.45, 2.75) is 102 Å². The van der Waals surface area contributed by atoms with Gasteiger partial charge < -0.3 is 28.4 Å². The summed E-state index contributed by atoms with van der Waals surface area (Å²) >= 11 is 0. The fourth-order valence-electron chi connectivity index (χ4n) is 4.58. The molecule has 31 heavy (non-hydrogen) atoms. The largest absolute Gasteiger partial charge is 0.463 e. The zero-order valence-electron chi connectivity index (χ0n) is 18.8. The molecular formula is C23H36O8. The molecule has 9 unspecified atom stereocenters. The van der Waals surface area contributed by atoms with E-state index in [4.69, 9.17) is 28.4 Å². The van der Waals surface area contributed by atoms with Crippen LogP contribution in [0.25, 0.3) is 0 Å². The number of rotatable bonds is 11. The van der Waals surface area contributed by atoms with Gasteiger partial charge >= 0.3 is 11.9 Å². The van der Waals surface area contributed by atoms with Crippen LogP contribution in [-0.4, -0.2) is 74.5 Å². The molecule has 0 radical (unpaired) electrons. The average molecular weight is 441 g/mol. The number of ether oxygens (including phenoxy) is 6. The summed E-state index contributed by atoms with van der Waals surface area (Å²) in [7, 11) is 0. The van der Waals surface area contributed by atoms with Crippen molar-refractivity contribution in [3.05, 3.63) is 0 Å². The van der Waals surface area contributed by atoms with Gasteiger partial charge in [0.2, 0.25) is 0 Å². The monoisotopic (exact) mass is 440 g/mol. The van der Waals surface area contributed by atoms with E-state index in [0.29, 0.717) is 25.4 Å². The standard InChI is InChI=1S/C23H36O8/c1-13(27-12-15(3)29-23(25)17-5-7-19-21(9-17)31-19)10-26-14(2)11-28-22(24)16-4-6-18-20(8-16)30-18/h13-21H,4-12H2,1-3H3. The zero-order chi connectivity index (χ0) is 22.0. The van der Waals surface area contributed by atoms with Crippen molar-refractivity contribution in [2.75, 3.05) is 19.8 Å². The predicted molar refractivity (Wildman–Crippen MR) is 109 cm³/mol. The highest BCUT2D eigenvalue weighted by molar-refractivity contribution is 5.73. The van der Waals surface area contributed by atoms with Crippen molar-refractivity contribution in [1.82, 2.24) is 0 Å². The van der Waals surface area contributed by atoms with Gasteiger partial charge in [-0.3, -0.25) is 9.59 Å². The topological polar surface area (TPSA) is 96.1 Å². The molecule has 0 aromatic rings. The van der Waals surface area contributed by atoms with Crippen molar-refractivity contribution in [1.29, 1.82) is 0 Å². The summed E-state index contributed by atoms with van der Waals surface area (Å²) in [5, 5.41) is 0. The molecule has 0 spiro atoms. The van der Waals surface area contributed by atoms with Crippen molar-refractivity contribution in [2.24, 2.45) is 11.8 Å². The summed E-state index contributed by atoms with van der Waals surface area (Å²) < 4.78 is 33.4. The van der Waals surface area contributed by atoms with Crippen LogP contribution in [0.2, 0.25) is 0 Å². The van der Waals surface area contributed by atoms with Gasteiger partial charge in [-0.05, 0) is 59.3 Å². The van der Waals surface area contributed by atoms with E-state index >= 15 is 0 Å². The molecule has 8 heteroatoms. The lowest BCUT2D eigenvalue weighted by atomic mass is 9.89. The van der Waals surface area contributed by atoms with Gasteiger partial charge in [-0.15, -0.1) is 0 Å². The first-order valence-electron chi connectivity index (χ1n) is 11.8. The lowest BCUT2D eigenvalue weighted by molar-refractivity contribution is -0.160.